The fraction of sp³-hybridized carbons (Fsp3) is 0.533. The van der Waals surface area contributed by atoms with Crippen molar-refractivity contribution in [2.45, 2.75) is 26.3 Å². The summed E-state index contributed by atoms with van der Waals surface area (Å²) in [5, 5.41) is 12.2. The van der Waals surface area contributed by atoms with Gasteiger partial charge in [-0.2, -0.15) is 0 Å². The van der Waals surface area contributed by atoms with Crippen LogP contribution >= 0.6 is 15.9 Å². The molecule has 0 radical (unpaired) electrons. The zero-order chi connectivity index (χ0) is 15.4. The lowest BCUT2D eigenvalue weighted by molar-refractivity contribution is 0.232. The van der Waals surface area contributed by atoms with E-state index >= 15 is 0 Å². The number of oxime groups is 1. The Labute approximate surface area is 134 Å². The summed E-state index contributed by atoms with van der Waals surface area (Å²) in [6.45, 7) is 8.51. The van der Waals surface area contributed by atoms with Crippen LogP contribution in [0.3, 0.4) is 0 Å². The van der Waals surface area contributed by atoms with Crippen LogP contribution in [0, 0.1) is 0 Å². The average molecular weight is 355 g/mol. The van der Waals surface area contributed by atoms with Gasteiger partial charge < -0.3 is 15.8 Å². The van der Waals surface area contributed by atoms with E-state index in [0.29, 0.717) is 6.04 Å². The molecule has 1 aliphatic rings. The van der Waals surface area contributed by atoms with Crippen LogP contribution in [0.5, 0.6) is 0 Å². The molecule has 0 amide bonds. The fourth-order valence-electron chi connectivity index (χ4n) is 3.08. The van der Waals surface area contributed by atoms with Crippen LogP contribution in [0.1, 0.15) is 25.8 Å². The molecule has 1 unspecified atom stereocenters. The number of rotatable bonds is 5. The molecule has 5 nitrogen and oxygen atoms in total. The van der Waals surface area contributed by atoms with Crippen molar-refractivity contribution in [1.82, 2.24) is 4.90 Å². The van der Waals surface area contributed by atoms with E-state index in [0.717, 1.165) is 48.3 Å². The molecule has 1 fully saturated rings. The van der Waals surface area contributed by atoms with Gasteiger partial charge in [-0.25, -0.2) is 0 Å². The molecular weight excluding hydrogens is 332 g/mol. The topological polar surface area (TPSA) is 65.1 Å². The van der Waals surface area contributed by atoms with E-state index in [1.165, 1.54) is 0 Å². The molecule has 1 atom stereocenters. The maximum atomic E-state index is 9.01. The first kappa shape index (κ1) is 16.1. The minimum atomic E-state index is 0.142. The molecule has 0 saturated carbocycles. The van der Waals surface area contributed by atoms with Gasteiger partial charge in [0.15, 0.2) is 5.84 Å². The highest BCUT2D eigenvalue weighted by Crippen LogP contribution is 2.31. The standard InChI is InChI=1S/C15H23BrN4O/c1-3-19(4-2)11-8-9-20(10-11)13-7-5-6-12(16)14(13)15(17)18-21/h5-7,11,21H,3-4,8-10H2,1-2H3,(H2,17,18). The molecule has 0 aliphatic carbocycles. The van der Waals surface area contributed by atoms with Crippen molar-refractivity contribution in [2.24, 2.45) is 10.9 Å². The van der Waals surface area contributed by atoms with Crippen LogP contribution in [-0.4, -0.2) is 48.2 Å². The molecule has 2 rings (SSSR count). The Morgan fingerprint density at radius 3 is 2.81 bits per heavy atom. The van der Waals surface area contributed by atoms with Gasteiger partial charge in [0.2, 0.25) is 0 Å². The first-order valence-corrected chi connectivity index (χ1v) is 8.17. The number of likely N-dealkylation sites (N-methyl/N-ethyl adjacent to an activating group) is 1. The number of benzene rings is 1. The second-order valence-electron chi connectivity index (χ2n) is 5.23. The summed E-state index contributed by atoms with van der Waals surface area (Å²) >= 11 is 3.50. The Balaban J connectivity index is 2.26. The summed E-state index contributed by atoms with van der Waals surface area (Å²) in [7, 11) is 0. The summed E-state index contributed by atoms with van der Waals surface area (Å²) < 4.78 is 0.849. The first-order chi connectivity index (χ1) is 10.1. The third-order valence-electron chi connectivity index (χ3n) is 4.19. The molecule has 0 bridgehead atoms. The Morgan fingerprint density at radius 1 is 1.48 bits per heavy atom. The van der Waals surface area contributed by atoms with Crippen molar-refractivity contribution >= 4 is 27.5 Å². The minimum Gasteiger partial charge on any atom is -0.409 e. The molecule has 21 heavy (non-hydrogen) atoms. The Hall–Kier alpha value is -1.27. The Kier molecular flexibility index (Phi) is 5.47. The van der Waals surface area contributed by atoms with Gasteiger partial charge in [0.1, 0.15) is 0 Å². The molecule has 1 aliphatic heterocycles. The van der Waals surface area contributed by atoms with Crippen molar-refractivity contribution in [2.75, 3.05) is 31.1 Å². The number of nitrogens with zero attached hydrogens (tertiary/aromatic N) is 3. The lowest BCUT2D eigenvalue weighted by Crippen LogP contribution is -2.37. The molecule has 1 saturated heterocycles. The van der Waals surface area contributed by atoms with Gasteiger partial charge in [-0.05, 0) is 47.6 Å². The van der Waals surface area contributed by atoms with Crippen LogP contribution < -0.4 is 10.6 Å². The molecule has 0 aromatic heterocycles. The first-order valence-electron chi connectivity index (χ1n) is 7.37. The van der Waals surface area contributed by atoms with E-state index < -0.39 is 0 Å². The predicted octanol–water partition coefficient (Wildman–Crippen LogP) is 2.46. The predicted molar refractivity (Wildman–Crippen MR) is 90.2 cm³/mol. The SMILES string of the molecule is CCN(CC)C1CCN(c2cccc(Br)c2/C(N)=N/O)C1. The molecule has 116 valence electrons. The fourth-order valence-corrected chi connectivity index (χ4v) is 3.64. The van der Waals surface area contributed by atoms with Gasteiger partial charge in [-0.3, -0.25) is 4.90 Å². The third kappa shape index (κ3) is 3.32. The van der Waals surface area contributed by atoms with Crippen molar-refractivity contribution < 1.29 is 5.21 Å². The normalized spacial score (nSPS) is 19.5. The highest BCUT2D eigenvalue weighted by molar-refractivity contribution is 9.10. The number of amidine groups is 1. The number of halogens is 1. The Morgan fingerprint density at radius 2 is 2.19 bits per heavy atom. The monoisotopic (exact) mass is 354 g/mol. The molecule has 1 aromatic carbocycles. The molecular formula is C15H23BrN4O. The van der Waals surface area contributed by atoms with E-state index in [4.69, 9.17) is 10.9 Å². The zero-order valence-corrected chi connectivity index (χ0v) is 14.2. The van der Waals surface area contributed by atoms with E-state index in [-0.39, 0.29) is 5.84 Å². The van der Waals surface area contributed by atoms with Crippen molar-refractivity contribution in [3.05, 3.63) is 28.2 Å². The zero-order valence-electron chi connectivity index (χ0n) is 12.6. The molecule has 1 heterocycles. The molecule has 1 aromatic rings. The highest BCUT2D eigenvalue weighted by atomic mass is 79.9. The highest BCUT2D eigenvalue weighted by Gasteiger charge is 2.28. The lowest BCUT2D eigenvalue weighted by Gasteiger charge is -2.27. The van der Waals surface area contributed by atoms with Crippen molar-refractivity contribution in [3.8, 4) is 0 Å². The minimum absolute atomic E-state index is 0.142. The third-order valence-corrected chi connectivity index (χ3v) is 4.85. The maximum Gasteiger partial charge on any atom is 0.173 e. The van der Waals surface area contributed by atoms with Gasteiger partial charge in [-0.15, -0.1) is 0 Å². The van der Waals surface area contributed by atoms with Crippen LogP contribution in [-0.2, 0) is 0 Å². The summed E-state index contributed by atoms with van der Waals surface area (Å²) in [4.78, 5) is 4.81. The molecule has 0 spiro atoms. The molecule has 3 N–H and O–H groups in total. The van der Waals surface area contributed by atoms with Crippen molar-refractivity contribution in [3.63, 3.8) is 0 Å². The van der Waals surface area contributed by atoms with Crippen LogP contribution in [0.2, 0.25) is 0 Å². The smallest absolute Gasteiger partial charge is 0.173 e. The maximum absolute atomic E-state index is 9.01. The van der Waals surface area contributed by atoms with Gasteiger partial charge in [0.05, 0.1) is 5.56 Å². The largest absolute Gasteiger partial charge is 0.409 e. The van der Waals surface area contributed by atoms with E-state index in [9.17, 15) is 0 Å². The van der Waals surface area contributed by atoms with Crippen LogP contribution in [0.4, 0.5) is 5.69 Å². The lowest BCUT2D eigenvalue weighted by atomic mass is 10.1. The number of hydrogen-bond acceptors (Lipinski definition) is 4. The van der Waals surface area contributed by atoms with Crippen molar-refractivity contribution in [1.29, 1.82) is 0 Å². The molecule has 6 heteroatoms. The number of anilines is 1. The number of hydrogen-bond donors (Lipinski definition) is 2. The second kappa shape index (κ2) is 7.13. The average Bonchev–Trinajstić information content (AvgIpc) is 2.97. The van der Waals surface area contributed by atoms with E-state index in [1.807, 2.05) is 18.2 Å². The summed E-state index contributed by atoms with van der Waals surface area (Å²) in [5.74, 6) is 0.142. The van der Waals surface area contributed by atoms with Gasteiger partial charge in [0, 0.05) is 29.3 Å². The van der Waals surface area contributed by atoms with Gasteiger partial charge in [0.25, 0.3) is 0 Å². The van der Waals surface area contributed by atoms with Gasteiger partial charge in [-0.1, -0.05) is 25.1 Å². The summed E-state index contributed by atoms with van der Waals surface area (Å²) in [6.07, 6.45) is 1.14. The summed E-state index contributed by atoms with van der Waals surface area (Å²) in [6, 6.07) is 6.50. The quantitative estimate of drug-likeness (QED) is 0.369. The Bertz CT molecular complexity index is 516. The van der Waals surface area contributed by atoms with E-state index in [1.54, 1.807) is 0 Å². The number of nitrogens with two attached hydrogens (primary N) is 1. The van der Waals surface area contributed by atoms with Crippen LogP contribution in [0.25, 0.3) is 0 Å². The van der Waals surface area contributed by atoms with Gasteiger partial charge >= 0.3 is 0 Å². The second-order valence-corrected chi connectivity index (χ2v) is 6.08. The van der Waals surface area contributed by atoms with Crippen LogP contribution in [0.15, 0.2) is 27.8 Å². The summed E-state index contributed by atoms with van der Waals surface area (Å²) in [5.41, 5.74) is 7.63. The van der Waals surface area contributed by atoms with E-state index in [2.05, 4.69) is 44.7 Å².